The molecule has 0 bridgehead atoms. The summed E-state index contributed by atoms with van der Waals surface area (Å²) >= 11 is 7.90. The van der Waals surface area contributed by atoms with E-state index in [1.54, 1.807) is 0 Å². The predicted octanol–water partition coefficient (Wildman–Crippen LogP) is 6.26. The Morgan fingerprint density at radius 1 is 0.310 bits per heavy atom. The van der Waals surface area contributed by atoms with E-state index in [4.69, 9.17) is 0 Å². The molecule has 0 radical (unpaired) electrons. The Kier molecular flexibility index (Phi) is 6.18. The highest BCUT2D eigenvalue weighted by Crippen LogP contribution is 2.53. The molecule has 196 valence electrons. The van der Waals surface area contributed by atoms with Gasteiger partial charge in [-0.1, -0.05) is 178 Å². The minimum Gasteiger partial charge on any atom is -0.0916 e. The van der Waals surface area contributed by atoms with E-state index < -0.39 is 0 Å². The van der Waals surface area contributed by atoms with E-state index >= 15 is 0 Å². The standard InChI is InChI=1S/C36H22B2S4/c1-3-13-23(14-4-1)37-25-17-7-9-19-27(25)39-33-31-34(36-35(32(33)37)41-29-21-11-12-22-30(29)42-36)40-28-20-10-8-18-26(28)38(31)24-15-5-2-6-16-24/h1-22H. The molecule has 0 saturated carbocycles. The van der Waals surface area contributed by atoms with Gasteiger partial charge in [0, 0.05) is 39.2 Å². The van der Waals surface area contributed by atoms with Gasteiger partial charge in [-0.05, 0) is 35.2 Å². The summed E-state index contributed by atoms with van der Waals surface area (Å²) in [5, 5.41) is 0. The van der Waals surface area contributed by atoms with Crippen LogP contribution in [0.15, 0.2) is 173 Å². The zero-order valence-electron chi connectivity index (χ0n) is 22.5. The van der Waals surface area contributed by atoms with Crippen molar-refractivity contribution in [2.45, 2.75) is 39.2 Å². The van der Waals surface area contributed by atoms with Crippen LogP contribution in [-0.4, -0.2) is 13.4 Å². The van der Waals surface area contributed by atoms with Crippen LogP contribution in [0.4, 0.5) is 0 Å². The molecule has 0 unspecified atom stereocenters. The topological polar surface area (TPSA) is 0 Å². The molecule has 0 aromatic heterocycles. The average Bonchev–Trinajstić information content (AvgIpc) is 3.06. The molecule has 3 heterocycles. The number of hydrogen-bond donors (Lipinski definition) is 0. The van der Waals surface area contributed by atoms with Crippen molar-refractivity contribution in [3.63, 3.8) is 0 Å². The van der Waals surface area contributed by atoms with E-state index in [0.29, 0.717) is 0 Å². The van der Waals surface area contributed by atoms with Gasteiger partial charge in [-0.15, -0.1) is 0 Å². The smallest absolute Gasteiger partial charge is 0.0916 e. The minimum atomic E-state index is 0.176. The summed E-state index contributed by atoms with van der Waals surface area (Å²) in [6.07, 6.45) is 0. The molecule has 0 spiro atoms. The van der Waals surface area contributed by atoms with E-state index in [1.807, 2.05) is 47.0 Å². The van der Waals surface area contributed by atoms with E-state index in [9.17, 15) is 0 Å². The molecule has 0 N–H and O–H groups in total. The monoisotopic (exact) mass is 604 g/mol. The Morgan fingerprint density at radius 3 is 1.17 bits per heavy atom. The van der Waals surface area contributed by atoms with Gasteiger partial charge in [-0.3, -0.25) is 0 Å². The van der Waals surface area contributed by atoms with E-state index in [0.717, 1.165) is 0 Å². The highest BCUT2D eigenvalue weighted by Gasteiger charge is 2.43. The molecular weight excluding hydrogens is 582 g/mol. The molecule has 6 heteroatoms. The van der Waals surface area contributed by atoms with Crippen LogP contribution in [0.5, 0.6) is 0 Å². The first-order chi connectivity index (χ1) is 20.8. The highest BCUT2D eigenvalue weighted by atomic mass is 32.2. The summed E-state index contributed by atoms with van der Waals surface area (Å²) in [5.41, 5.74) is 8.50. The maximum Gasteiger partial charge on any atom is 0.245 e. The second-order valence-electron chi connectivity index (χ2n) is 10.8. The fourth-order valence-corrected chi connectivity index (χ4v) is 12.1. The molecule has 42 heavy (non-hydrogen) atoms. The van der Waals surface area contributed by atoms with E-state index in [-0.39, 0.29) is 13.4 Å². The SMILES string of the molecule is c1ccc(B2c3ccccc3Sc3c2c2c(c4c3B(c3ccccc3)c3ccccc3S4)Sc3ccccc3S2)cc1. The van der Waals surface area contributed by atoms with Crippen LogP contribution in [0.1, 0.15) is 0 Å². The van der Waals surface area contributed by atoms with E-state index in [1.165, 1.54) is 71.9 Å². The van der Waals surface area contributed by atoms with Crippen LogP contribution in [0.2, 0.25) is 0 Å². The second kappa shape index (κ2) is 10.2. The normalized spacial score (nSPS) is 14.2. The lowest BCUT2D eigenvalue weighted by molar-refractivity contribution is 1.08. The fourth-order valence-electron chi connectivity index (χ4n) is 6.61. The van der Waals surface area contributed by atoms with Gasteiger partial charge >= 0.3 is 0 Å². The lowest BCUT2D eigenvalue weighted by atomic mass is 9.33. The molecule has 6 aromatic rings. The minimum absolute atomic E-state index is 0.176. The maximum absolute atomic E-state index is 2.35. The van der Waals surface area contributed by atoms with Crippen molar-refractivity contribution in [3.8, 4) is 0 Å². The Bertz CT molecular complexity index is 1930. The Hall–Kier alpha value is -3.15. The molecule has 0 amide bonds. The number of fused-ring (bicyclic) bond motifs is 9. The van der Waals surface area contributed by atoms with Crippen molar-refractivity contribution >= 4 is 93.2 Å². The van der Waals surface area contributed by atoms with Gasteiger partial charge in [0.1, 0.15) is 0 Å². The molecule has 0 saturated heterocycles. The van der Waals surface area contributed by atoms with E-state index in [2.05, 4.69) is 133 Å². The first-order valence-corrected chi connectivity index (χ1v) is 17.4. The van der Waals surface area contributed by atoms with Crippen LogP contribution in [-0.2, 0) is 0 Å². The molecule has 9 rings (SSSR count). The first kappa shape index (κ1) is 25.4. The third-order valence-corrected chi connectivity index (χ3v) is 13.6. The van der Waals surface area contributed by atoms with Gasteiger partial charge in [0.15, 0.2) is 0 Å². The zero-order valence-corrected chi connectivity index (χ0v) is 25.8. The largest absolute Gasteiger partial charge is 0.245 e. The van der Waals surface area contributed by atoms with Crippen molar-refractivity contribution < 1.29 is 0 Å². The fraction of sp³-hybridized carbons (Fsp3) is 0. The molecule has 3 aliphatic rings. The zero-order chi connectivity index (χ0) is 27.6. The maximum atomic E-state index is 2.35. The second-order valence-corrected chi connectivity index (χ2v) is 15.0. The molecule has 6 aromatic carbocycles. The van der Waals surface area contributed by atoms with Crippen LogP contribution < -0.4 is 32.8 Å². The summed E-state index contributed by atoms with van der Waals surface area (Å²) in [6.45, 7) is 0.351. The molecular formula is C36H22B2S4. The average molecular weight is 604 g/mol. The summed E-state index contributed by atoms with van der Waals surface area (Å²) in [5.74, 6) is 0. The summed E-state index contributed by atoms with van der Waals surface area (Å²) in [6, 6.07) is 49.4. The summed E-state index contributed by atoms with van der Waals surface area (Å²) < 4.78 is 0. The van der Waals surface area contributed by atoms with Crippen LogP contribution in [0, 0.1) is 0 Å². The molecule has 0 fully saturated rings. The van der Waals surface area contributed by atoms with Crippen molar-refractivity contribution in [2.75, 3.05) is 0 Å². The third kappa shape index (κ3) is 3.92. The molecule has 0 atom stereocenters. The lowest BCUT2D eigenvalue weighted by Crippen LogP contribution is -2.62. The quantitative estimate of drug-likeness (QED) is 0.214. The third-order valence-electron chi connectivity index (χ3n) is 8.39. The van der Waals surface area contributed by atoms with Gasteiger partial charge in [-0.2, -0.15) is 0 Å². The number of benzene rings is 6. The van der Waals surface area contributed by atoms with Crippen LogP contribution in [0.3, 0.4) is 0 Å². The van der Waals surface area contributed by atoms with Crippen molar-refractivity contribution in [2.24, 2.45) is 0 Å². The molecule has 3 aliphatic heterocycles. The van der Waals surface area contributed by atoms with Crippen molar-refractivity contribution in [1.29, 1.82) is 0 Å². The van der Waals surface area contributed by atoms with Crippen LogP contribution >= 0.6 is 47.0 Å². The van der Waals surface area contributed by atoms with Crippen molar-refractivity contribution in [3.05, 3.63) is 133 Å². The molecule has 0 nitrogen and oxygen atoms in total. The predicted molar refractivity (Wildman–Crippen MR) is 184 cm³/mol. The van der Waals surface area contributed by atoms with Crippen molar-refractivity contribution in [1.82, 2.24) is 0 Å². The van der Waals surface area contributed by atoms with Gasteiger partial charge < -0.3 is 0 Å². The van der Waals surface area contributed by atoms with Gasteiger partial charge in [-0.25, -0.2) is 0 Å². The Labute approximate surface area is 264 Å². The first-order valence-electron chi connectivity index (χ1n) is 14.2. The Balaban J connectivity index is 1.41. The Morgan fingerprint density at radius 2 is 0.667 bits per heavy atom. The highest BCUT2D eigenvalue weighted by molar-refractivity contribution is 8.06. The summed E-state index contributed by atoms with van der Waals surface area (Å²) in [7, 11) is 0. The lowest BCUT2D eigenvalue weighted by Gasteiger charge is -2.38. The summed E-state index contributed by atoms with van der Waals surface area (Å²) in [4.78, 5) is 11.2. The molecule has 0 aliphatic carbocycles. The van der Waals surface area contributed by atoms with Gasteiger partial charge in [0.25, 0.3) is 0 Å². The number of rotatable bonds is 2. The van der Waals surface area contributed by atoms with Gasteiger partial charge in [0.2, 0.25) is 13.4 Å². The van der Waals surface area contributed by atoms with Gasteiger partial charge in [0.05, 0.1) is 0 Å². The number of hydrogen-bond acceptors (Lipinski definition) is 4. The van der Waals surface area contributed by atoms with Crippen LogP contribution in [0.25, 0.3) is 0 Å².